The minimum atomic E-state index is -4.43. The second kappa shape index (κ2) is 7.60. The van der Waals surface area contributed by atoms with E-state index in [2.05, 4.69) is 10.2 Å². The van der Waals surface area contributed by atoms with Crippen molar-refractivity contribution in [1.82, 2.24) is 10.2 Å². The summed E-state index contributed by atoms with van der Waals surface area (Å²) in [4.78, 5) is 2.22. The Balaban J connectivity index is 0.00000264. The van der Waals surface area contributed by atoms with E-state index in [0.717, 1.165) is 32.2 Å². The molecule has 1 aliphatic heterocycles. The van der Waals surface area contributed by atoms with Crippen molar-refractivity contribution in [2.24, 2.45) is 5.41 Å². The molecule has 0 aromatic heterocycles. The topological polar surface area (TPSA) is 15.3 Å². The van der Waals surface area contributed by atoms with Crippen LogP contribution in [0.2, 0.25) is 5.02 Å². The number of nitrogens with zero attached hydrogens (tertiary/aromatic N) is 1. The predicted octanol–water partition coefficient (Wildman–Crippen LogP) is 4.77. The van der Waals surface area contributed by atoms with Gasteiger partial charge in [0, 0.05) is 32.2 Å². The molecule has 0 amide bonds. The predicted molar refractivity (Wildman–Crippen MR) is 90.3 cm³/mol. The summed E-state index contributed by atoms with van der Waals surface area (Å²) in [7, 11) is 0. The third-order valence-electron chi connectivity index (χ3n) is 3.97. The molecule has 1 atom stereocenters. The number of hydrogen-bond acceptors (Lipinski definition) is 2. The lowest BCUT2D eigenvalue weighted by Crippen LogP contribution is -2.48. The van der Waals surface area contributed by atoms with Gasteiger partial charge in [-0.2, -0.15) is 13.2 Å². The maximum absolute atomic E-state index is 13.1. The second-order valence-electron chi connectivity index (χ2n) is 6.76. The van der Waals surface area contributed by atoms with Crippen LogP contribution in [0, 0.1) is 5.41 Å². The number of halogens is 5. The summed E-state index contributed by atoms with van der Waals surface area (Å²) >= 11 is 6.15. The smallest absolute Gasteiger partial charge is 0.314 e. The fraction of sp³-hybridized carbons (Fsp3) is 0.625. The Bertz CT molecular complexity index is 521. The molecule has 1 aromatic carbocycles. The Kier molecular flexibility index (Phi) is 6.79. The second-order valence-corrected chi connectivity index (χ2v) is 7.14. The molecule has 0 bridgehead atoms. The van der Waals surface area contributed by atoms with Gasteiger partial charge in [0.05, 0.1) is 10.6 Å². The highest BCUT2D eigenvalue weighted by atomic mass is 35.5. The summed E-state index contributed by atoms with van der Waals surface area (Å²) in [6.07, 6.45) is -4.43. The van der Waals surface area contributed by atoms with Crippen molar-refractivity contribution >= 4 is 24.0 Å². The molecule has 1 aliphatic rings. The zero-order chi connectivity index (χ0) is 16.5. The third-order valence-corrected chi connectivity index (χ3v) is 4.39. The summed E-state index contributed by atoms with van der Waals surface area (Å²) in [5, 5.41) is 3.10. The van der Waals surface area contributed by atoms with Crippen molar-refractivity contribution in [2.45, 2.75) is 33.0 Å². The lowest BCUT2D eigenvalue weighted by molar-refractivity contribution is -0.137. The Morgan fingerprint density at radius 3 is 2.17 bits per heavy atom. The first-order valence-corrected chi connectivity index (χ1v) is 7.80. The van der Waals surface area contributed by atoms with E-state index in [1.807, 2.05) is 20.8 Å². The largest absolute Gasteiger partial charge is 0.417 e. The van der Waals surface area contributed by atoms with Crippen LogP contribution in [-0.4, -0.2) is 31.1 Å². The molecule has 1 heterocycles. The fourth-order valence-electron chi connectivity index (χ4n) is 3.13. The van der Waals surface area contributed by atoms with E-state index < -0.39 is 11.7 Å². The van der Waals surface area contributed by atoms with E-state index in [1.54, 1.807) is 6.07 Å². The van der Waals surface area contributed by atoms with Crippen molar-refractivity contribution in [2.75, 3.05) is 26.2 Å². The molecular weight excluding hydrogens is 348 g/mol. The van der Waals surface area contributed by atoms with Gasteiger partial charge in [-0.05, 0) is 17.0 Å². The first-order chi connectivity index (χ1) is 10.1. The highest BCUT2D eigenvalue weighted by Crippen LogP contribution is 2.44. The van der Waals surface area contributed by atoms with Gasteiger partial charge in [0.15, 0.2) is 0 Å². The van der Waals surface area contributed by atoms with Crippen LogP contribution in [0.5, 0.6) is 0 Å². The molecule has 1 aromatic rings. The van der Waals surface area contributed by atoms with Gasteiger partial charge in [-0.1, -0.05) is 44.5 Å². The molecule has 0 unspecified atom stereocenters. The molecule has 0 aliphatic carbocycles. The van der Waals surface area contributed by atoms with E-state index >= 15 is 0 Å². The summed E-state index contributed by atoms with van der Waals surface area (Å²) in [6, 6.07) is 4.06. The molecular formula is C16H23Cl2F3N2. The monoisotopic (exact) mass is 370 g/mol. The van der Waals surface area contributed by atoms with E-state index in [-0.39, 0.29) is 28.9 Å². The van der Waals surface area contributed by atoms with E-state index in [0.29, 0.717) is 5.56 Å². The van der Waals surface area contributed by atoms with Gasteiger partial charge < -0.3 is 5.32 Å². The molecule has 1 N–H and O–H groups in total. The normalized spacial score (nSPS) is 18.4. The molecule has 2 rings (SSSR count). The van der Waals surface area contributed by atoms with Gasteiger partial charge in [0.25, 0.3) is 0 Å². The van der Waals surface area contributed by atoms with Gasteiger partial charge in [-0.15, -0.1) is 12.4 Å². The van der Waals surface area contributed by atoms with Crippen molar-refractivity contribution in [3.8, 4) is 0 Å². The zero-order valence-corrected chi connectivity index (χ0v) is 15.1. The first kappa shape index (κ1) is 20.6. The molecule has 0 radical (unpaired) electrons. The van der Waals surface area contributed by atoms with Crippen molar-refractivity contribution in [3.63, 3.8) is 0 Å². The van der Waals surface area contributed by atoms with Crippen molar-refractivity contribution < 1.29 is 13.2 Å². The van der Waals surface area contributed by atoms with Crippen LogP contribution in [0.3, 0.4) is 0 Å². The van der Waals surface area contributed by atoms with Crippen molar-refractivity contribution in [3.05, 3.63) is 34.3 Å². The summed E-state index contributed by atoms with van der Waals surface area (Å²) in [6.45, 7) is 9.39. The summed E-state index contributed by atoms with van der Waals surface area (Å²) in [5.41, 5.74) is -0.410. The number of alkyl halides is 3. The average molecular weight is 371 g/mol. The zero-order valence-electron chi connectivity index (χ0n) is 13.5. The van der Waals surface area contributed by atoms with Gasteiger partial charge in [-0.25, -0.2) is 0 Å². The van der Waals surface area contributed by atoms with E-state index in [1.165, 1.54) is 6.07 Å². The quantitative estimate of drug-likeness (QED) is 0.806. The maximum Gasteiger partial charge on any atom is 0.417 e. The molecule has 1 saturated heterocycles. The third kappa shape index (κ3) is 4.75. The summed E-state index contributed by atoms with van der Waals surface area (Å²) in [5.74, 6) is 0. The number of nitrogens with one attached hydrogen (secondary N) is 1. The average Bonchev–Trinajstić information content (AvgIpc) is 2.39. The molecule has 1 fully saturated rings. The van der Waals surface area contributed by atoms with Crippen LogP contribution < -0.4 is 5.32 Å². The van der Waals surface area contributed by atoms with Gasteiger partial charge in [0.1, 0.15) is 0 Å². The maximum atomic E-state index is 13.1. The molecule has 2 nitrogen and oxygen atoms in total. The SMILES string of the molecule is CC(C)(C)[C@H](c1cccc(C(F)(F)F)c1Cl)N1CCNCC1.Cl. The van der Waals surface area contributed by atoms with Crippen LogP contribution in [0.25, 0.3) is 0 Å². The first-order valence-electron chi connectivity index (χ1n) is 7.43. The summed E-state index contributed by atoms with van der Waals surface area (Å²) < 4.78 is 39.4. The van der Waals surface area contributed by atoms with Crippen LogP contribution in [-0.2, 0) is 6.18 Å². The van der Waals surface area contributed by atoms with Gasteiger partial charge >= 0.3 is 6.18 Å². The standard InChI is InChI=1S/C16H22ClF3N2.ClH/c1-15(2,3)14(22-9-7-21-8-10-22)11-5-4-6-12(13(11)17)16(18,19)20;/h4-6,14,21H,7-10H2,1-3H3;1H/t14-;/m0./s1. The Hall–Kier alpha value is -0.490. The molecule has 132 valence electrons. The molecule has 23 heavy (non-hydrogen) atoms. The Labute approximate surface area is 146 Å². The lowest BCUT2D eigenvalue weighted by atomic mass is 9.80. The Morgan fingerprint density at radius 1 is 1.13 bits per heavy atom. The van der Waals surface area contributed by atoms with Gasteiger partial charge in [0.2, 0.25) is 0 Å². The number of piperazine rings is 1. The van der Waals surface area contributed by atoms with Crippen molar-refractivity contribution in [1.29, 1.82) is 0 Å². The molecule has 7 heteroatoms. The minimum absolute atomic E-state index is 0. The van der Waals surface area contributed by atoms with E-state index in [9.17, 15) is 13.2 Å². The highest BCUT2D eigenvalue weighted by Gasteiger charge is 2.38. The fourth-order valence-corrected chi connectivity index (χ4v) is 3.47. The Morgan fingerprint density at radius 2 is 1.70 bits per heavy atom. The molecule has 0 saturated carbocycles. The minimum Gasteiger partial charge on any atom is -0.314 e. The lowest BCUT2D eigenvalue weighted by Gasteiger charge is -2.43. The van der Waals surface area contributed by atoms with Crippen LogP contribution in [0.1, 0.15) is 37.9 Å². The number of benzene rings is 1. The van der Waals surface area contributed by atoms with Crippen LogP contribution in [0.4, 0.5) is 13.2 Å². The number of hydrogen-bond donors (Lipinski definition) is 1. The van der Waals surface area contributed by atoms with Crippen LogP contribution in [0.15, 0.2) is 18.2 Å². The number of rotatable bonds is 2. The highest BCUT2D eigenvalue weighted by molar-refractivity contribution is 6.32. The van der Waals surface area contributed by atoms with E-state index in [4.69, 9.17) is 11.6 Å². The van der Waals surface area contributed by atoms with Gasteiger partial charge in [-0.3, -0.25) is 4.90 Å². The molecule has 0 spiro atoms. The van der Waals surface area contributed by atoms with Crippen LogP contribution >= 0.6 is 24.0 Å².